The molecule has 2 aliphatic rings. The summed E-state index contributed by atoms with van der Waals surface area (Å²) in [6.45, 7) is 10.7. The van der Waals surface area contributed by atoms with E-state index >= 15 is 0 Å². The molecule has 1 aliphatic carbocycles. The number of hydrogen-bond donors (Lipinski definition) is 1. The van der Waals surface area contributed by atoms with Crippen LogP contribution in [0.25, 0.3) is 5.57 Å². The Bertz CT molecular complexity index is 1390. The molecule has 1 atom stereocenters. The van der Waals surface area contributed by atoms with Gasteiger partial charge in [-0.05, 0) is 63.3 Å². The first-order valence-electron chi connectivity index (χ1n) is 12.4. The van der Waals surface area contributed by atoms with E-state index in [1.165, 1.54) is 17.2 Å². The second kappa shape index (κ2) is 11.2. The number of hydrogen-bond acceptors (Lipinski definition) is 4. The molecule has 0 saturated heterocycles. The zero-order valence-electron chi connectivity index (χ0n) is 21.4. The van der Waals surface area contributed by atoms with Gasteiger partial charge in [-0.15, -0.1) is 0 Å². The van der Waals surface area contributed by atoms with Crippen molar-refractivity contribution in [1.82, 2.24) is 4.98 Å². The van der Waals surface area contributed by atoms with Crippen molar-refractivity contribution >= 4 is 11.4 Å². The third kappa shape index (κ3) is 6.37. The summed E-state index contributed by atoms with van der Waals surface area (Å²) < 4.78 is 46.4. The summed E-state index contributed by atoms with van der Waals surface area (Å²) in [7, 11) is 0. The van der Waals surface area contributed by atoms with Gasteiger partial charge in [0.1, 0.15) is 17.1 Å². The molecule has 1 aromatic carbocycles. The van der Waals surface area contributed by atoms with E-state index < -0.39 is 17.9 Å². The average molecular weight is 510 g/mol. The fraction of sp³-hybridized carbons (Fsp3) is 0.345. The van der Waals surface area contributed by atoms with E-state index in [1.54, 1.807) is 24.5 Å². The number of ether oxygens (including phenoxy) is 1. The van der Waals surface area contributed by atoms with Crippen molar-refractivity contribution in [3.8, 4) is 5.75 Å². The van der Waals surface area contributed by atoms with Crippen molar-refractivity contribution in [2.75, 3.05) is 11.9 Å². The normalized spacial score (nSPS) is 18.3. The third-order valence-corrected chi connectivity index (χ3v) is 6.73. The summed E-state index contributed by atoms with van der Waals surface area (Å²) in [5.74, 6) is 1.25. The van der Waals surface area contributed by atoms with Crippen LogP contribution in [0.1, 0.15) is 45.6 Å². The molecule has 0 spiro atoms. The number of rotatable bonds is 6. The van der Waals surface area contributed by atoms with Crippen molar-refractivity contribution in [3.05, 3.63) is 94.1 Å². The molecule has 4 rings (SSSR count). The number of aromatic amines is 1. The number of alkyl halides is 3. The highest BCUT2D eigenvalue weighted by molar-refractivity contribution is 5.49. The first-order chi connectivity index (χ1) is 17.6. The quantitative estimate of drug-likeness (QED) is 0.546. The van der Waals surface area contributed by atoms with Crippen molar-refractivity contribution < 1.29 is 22.9 Å². The van der Waals surface area contributed by atoms with Crippen LogP contribution in [0.3, 0.4) is 0 Å². The van der Waals surface area contributed by atoms with E-state index in [2.05, 4.69) is 35.7 Å². The minimum Gasteiger partial charge on any atom is -0.481 e. The van der Waals surface area contributed by atoms with Crippen LogP contribution in [-0.2, 0) is 6.42 Å². The fourth-order valence-corrected chi connectivity index (χ4v) is 4.37. The van der Waals surface area contributed by atoms with Crippen molar-refractivity contribution in [2.24, 2.45) is 4.99 Å². The number of fused-ring (bicyclic) bond motifs is 1. The Kier molecular flexibility index (Phi) is 7.95. The standard InChI is InChI=1S/C29H31F3N4O/c1-18-9-10-19(2)25-27(34-17-35-28(25)36-21(18)4)33-16-15-22-11-13-23(14-12-22)37-26-20(3)7-5-6-8-24(26)29(30,31)32/h5-6,8,11-14,17,26H,3,7,9-10,15-16H2,1-2,4H3,(H,33,34,35,36)/p+1. The third-order valence-electron chi connectivity index (χ3n) is 6.73. The Hall–Kier alpha value is -3.68. The van der Waals surface area contributed by atoms with E-state index in [4.69, 9.17) is 9.73 Å². The molecule has 0 radical (unpaired) electrons. The molecular formula is C29H32F3N4O+. The maximum absolute atomic E-state index is 13.6. The number of anilines is 1. The minimum absolute atomic E-state index is 0.333. The molecule has 0 fully saturated rings. The number of allylic oxidation sites excluding steroid dienone is 5. The van der Waals surface area contributed by atoms with Crippen LogP contribution < -0.4 is 25.7 Å². The summed E-state index contributed by atoms with van der Waals surface area (Å²) >= 11 is 0. The molecule has 8 heteroatoms. The van der Waals surface area contributed by atoms with Gasteiger partial charge in [-0.3, -0.25) is 0 Å². The molecule has 0 bridgehead atoms. The highest BCUT2D eigenvalue weighted by Crippen LogP contribution is 2.35. The Morgan fingerprint density at radius 2 is 1.84 bits per heavy atom. The summed E-state index contributed by atoms with van der Waals surface area (Å²) in [5, 5.41) is 4.47. The van der Waals surface area contributed by atoms with Gasteiger partial charge in [0.15, 0.2) is 0 Å². The number of halogens is 3. The Labute approximate surface area is 214 Å². The molecule has 0 amide bonds. The first-order valence-corrected chi connectivity index (χ1v) is 12.4. The van der Waals surface area contributed by atoms with Crippen molar-refractivity contribution in [2.45, 2.75) is 58.7 Å². The summed E-state index contributed by atoms with van der Waals surface area (Å²) in [6.07, 6.45) is 2.99. The number of aromatic nitrogens is 2. The first kappa shape index (κ1) is 26.4. The van der Waals surface area contributed by atoms with Crippen LogP contribution >= 0.6 is 0 Å². The zero-order valence-corrected chi connectivity index (χ0v) is 21.4. The van der Waals surface area contributed by atoms with Gasteiger partial charge >= 0.3 is 6.18 Å². The summed E-state index contributed by atoms with van der Waals surface area (Å²) in [5.41, 5.74) is 4.86. The lowest BCUT2D eigenvalue weighted by molar-refractivity contribution is -0.367. The highest BCUT2D eigenvalue weighted by Gasteiger charge is 2.41. The number of benzene rings is 1. The Balaban J connectivity index is 1.44. The number of nitrogens with one attached hydrogen (secondary N) is 2. The molecule has 5 nitrogen and oxygen atoms in total. The molecule has 2 heterocycles. The molecular weight excluding hydrogens is 477 g/mol. The molecule has 1 unspecified atom stereocenters. The summed E-state index contributed by atoms with van der Waals surface area (Å²) in [4.78, 5) is 12.4. The van der Waals surface area contributed by atoms with Crippen LogP contribution in [0.5, 0.6) is 5.75 Å². The molecule has 194 valence electrons. The maximum Gasteiger partial charge on any atom is 0.416 e. The number of H-pyrrole nitrogens is 1. The van der Waals surface area contributed by atoms with Gasteiger partial charge in [-0.2, -0.15) is 13.2 Å². The van der Waals surface area contributed by atoms with Crippen LogP contribution in [0.4, 0.5) is 19.0 Å². The Morgan fingerprint density at radius 3 is 2.57 bits per heavy atom. The van der Waals surface area contributed by atoms with Gasteiger partial charge in [-0.25, -0.2) is 9.98 Å². The maximum atomic E-state index is 13.6. The van der Waals surface area contributed by atoms with Crippen LogP contribution in [-0.4, -0.2) is 23.8 Å². The largest absolute Gasteiger partial charge is 0.481 e. The number of nitrogens with zero attached hydrogens (tertiary/aromatic N) is 2. The molecule has 0 saturated carbocycles. The smallest absolute Gasteiger partial charge is 0.416 e. The lowest BCUT2D eigenvalue weighted by Crippen LogP contribution is -2.40. The van der Waals surface area contributed by atoms with E-state index in [-0.39, 0.29) is 0 Å². The van der Waals surface area contributed by atoms with Gasteiger partial charge < -0.3 is 10.1 Å². The molecule has 2 aromatic rings. The Morgan fingerprint density at radius 1 is 1.11 bits per heavy atom. The molecule has 2 N–H and O–H groups in total. The average Bonchev–Trinajstić information content (AvgIpc) is 3.04. The molecule has 1 aliphatic heterocycles. The van der Waals surface area contributed by atoms with E-state index in [0.717, 1.165) is 41.2 Å². The van der Waals surface area contributed by atoms with Crippen LogP contribution in [0.2, 0.25) is 0 Å². The topological polar surface area (TPSA) is 60.6 Å². The van der Waals surface area contributed by atoms with Crippen LogP contribution in [0.15, 0.2) is 82.8 Å². The SMILES string of the molecule is C=C1CC=CC=C(C(F)(F)F)C1Oc1ccc(CCNc2[nH+]cnc3c2=C(C)CCC(C)=C(C)N=3)cc1. The lowest BCUT2D eigenvalue weighted by atomic mass is 10.0. The van der Waals surface area contributed by atoms with Gasteiger partial charge in [0.25, 0.3) is 0 Å². The van der Waals surface area contributed by atoms with E-state index in [9.17, 15) is 13.2 Å². The zero-order chi connectivity index (χ0) is 26.6. The van der Waals surface area contributed by atoms with Crippen LogP contribution in [0, 0.1) is 0 Å². The fourth-order valence-electron chi connectivity index (χ4n) is 4.37. The van der Waals surface area contributed by atoms with Crippen molar-refractivity contribution in [3.63, 3.8) is 0 Å². The van der Waals surface area contributed by atoms with Gasteiger partial charge in [-0.1, -0.05) is 53.1 Å². The lowest BCUT2D eigenvalue weighted by Gasteiger charge is -2.24. The molecule has 1 aromatic heterocycles. The predicted molar refractivity (Wildman–Crippen MR) is 138 cm³/mol. The second-order valence-electron chi connectivity index (χ2n) is 9.46. The van der Waals surface area contributed by atoms with E-state index in [0.29, 0.717) is 36.2 Å². The van der Waals surface area contributed by atoms with E-state index in [1.807, 2.05) is 19.1 Å². The summed E-state index contributed by atoms with van der Waals surface area (Å²) in [6, 6.07) is 7.15. The highest BCUT2D eigenvalue weighted by atomic mass is 19.4. The minimum atomic E-state index is -4.49. The van der Waals surface area contributed by atoms with Gasteiger partial charge in [0, 0.05) is 12.1 Å². The van der Waals surface area contributed by atoms with Gasteiger partial charge in [0.05, 0.1) is 12.1 Å². The second-order valence-corrected chi connectivity index (χ2v) is 9.46. The van der Waals surface area contributed by atoms with Gasteiger partial charge in [0.2, 0.25) is 17.6 Å². The van der Waals surface area contributed by atoms with Crippen molar-refractivity contribution in [1.29, 1.82) is 0 Å². The monoisotopic (exact) mass is 509 g/mol. The predicted octanol–water partition coefficient (Wildman–Crippen LogP) is 5.18. The molecule has 37 heavy (non-hydrogen) atoms.